The molecule has 0 saturated carbocycles. The quantitative estimate of drug-likeness (QED) is 0.805. The van der Waals surface area contributed by atoms with Gasteiger partial charge in [0.2, 0.25) is 0 Å². The smallest absolute Gasteiger partial charge is 0.335 e. The zero-order valence-corrected chi connectivity index (χ0v) is 9.76. The minimum atomic E-state index is -0.923. The monoisotopic (exact) mass is 233 g/mol. The predicted octanol–water partition coefficient (Wildman–Crippen LogP) is 2.32. The molecule has 0 atom stereocenters. The van der Waals surface area contributed by atoms with Gasteiger partial charge in [0, 0.05) is 6.54 Å². The largest absolute Gasteiger partial charge is 0.478 e. The molecule has 0 spiro atoms. The van der Waals surface area contributed by atoms with Crippen molar-refractivity contribution in [2.75, 3.05) is 0 Å². The SMILES string of the molecule is CCCCCn1nnc2ccc(C(=O)O)cc21. The van der Waals surface area contributed by atoms with Crippen LogP contribution in [0.5, 0.6) is 0 Å². The first-order chi connectivity index (χ1) is 8.22. The van der Waals surface area contributed by atoms with Crippen molar-refractivity contribution < 1.29 is 9.90 Å². The molecule has 0 radical (unpaired) electrons. The number of fused-ring (bicyclic) bond motifs is 1. The number of carbonyl (C=O) groups is 1. The summed E-state index contributed by atoms with van der Waals surface area (Å²) in [5.74, 6) is -0.923. The predicted molar refractivity (Wildman–Crippen MR) is 64.0 cm³/mol. The number of aryl methyl sites for hydroxylation is 1. The Morgan fingerprint density at radius 2 is 2.24 bits per heavy atom. The molecule has 1 aromatic heterocycles. The first-order valence-electron chi connectivity index (χ1n) is 5.79. The number of aromatic carboxylic acids is 1. The summed E-state index contributed by atoms with van der Waals surface area (Å²) in [6, 6.07) is 4.88. The second kappa shape index (κ2) is 4.95. The molecule has 0 aliphatic rings. The van der Waals surface area contributed by atoms with E-state index in [1.165, 1.54) is 0 Å². The Kier molecular flexibility index (Phi) is 3.37. The zero-order chi connectivity index (χ0) is 12.3. The molecule has 1 N–H and O–H groups in total. The van der Waals surface area contributed by atoms with Gasteiger partial charge in [0.1, 0.15) is 5.52 Å². The molecule has 0 saturated heterocycles. The van der Waals surface area contributed by atoms with Crippen LogP contribution in [-0.2, 0) is 6.54 Å². The molecule has 2 rings (SSSR count). The fourth-order valence-electron chi connectivity index (χ4n) is 1.77. The zero-order valence-electron chi connectivity index (χ0n) is 9.76. The van der Waals surface area contributed by atoms with Crippen LogP contribution in [0.3, 0.4) is 0 Å². The lowest BCUT2D eigenvalue weighted by atomic mass is 10.2. The maximum atomic E-state index is 10.9. The van der Waals surface area contributed by atoms with Crippen molar-refractivity contribution in [3.63, 3.8) is 0 Å². The van der Waals surface area contributed by atoms with Crippen LogP contribution in [0.1, 0.15) is 36.5 Å². The lowest BCUT2D eigenvalue weighted by Gasteiger charge is -2.01. The van der Waals surface area contributed by atoms with E-state index in [1.54, 1.807) is 22.9 Å². The van der Waals surface area contributed by atoms with Crippen molar-refractivity contribution in [3.8, 4) is 0 Å². The summed E-state index contributed by atoms with van der Waals surface area (Å²) in [4.78, 5) is 10.9. The normalized spacial score (nSPS) is 10.9. The van der Waals surface area contributed by atoms with E-state index < -0.39 is 5.97 Å². The topological polar surface area (TPSA) is 68.0 Å². The van der Waals surface area contributed by atoms with Gasteiger partial charge in [-0.1, -0.05) is 25.0 Å². The third-order valence-corrected chi connectivity index (χ3v) is 2.73. The number of unbranched alkanes of at least 4 members (excludes halogenated alkanes) is 2. The highest BCUT2D eigenvalue weighted by atomic mass is 16.4. The minimum Gasteiger partial charge on any atom is -0.478 e. The molecule has 90 valence electrons. The highest BCUT2D eigenvalue weighted by Crippen LogP contribution is 2.14. The number of nitrogens with zero attached hydrogens (tertiary/aromatic N) is 3. The van der Waals surface area contributed by atoms with E-state index in [9.17, 15) is 4.79 Å². The Morgan fingerprint density at radius 1 is 1.41 bits per heavy atom. The van der Waals surface area contributed by atoms with Crippen LogP contribution in [0.25, 0.3) is 11.0 Å². The van der Waals surface area contributed by atoms with Gasteiger partial charge in [-0.2, -0.15) is 0 Å². The Balaban J connectivity index is 2.30. The summed E-state index contributed by atoms with van der Waals surface area (Å²) in [5.41, 5.74) is 1.81. The number of carboxylic acids is 1. The molecular formula is C12H15N3O2. The van der Waals surface area contributed by atoms with Gasteiger partial charge in [0.15, 0.2) is 0 Å². The maximum absolute atomic E-state index is 10.9. The molecule has 0 bridgehead atoms. The highest BCUT2D eigenvalue weighted by molar-refractivity contribution is 5.92. The average Bonchev–Trinajstić information content (AvgIpc) is 2.72. The first kappa shape index (κ1) is 11.6. The lowest BCUT2D eigenvalue weighted by Crippen LogP contribution is -2.01. The van der Waals surface area contributed by atoms with E-state index in [-0.39, 0.29) is 5.56 Å². The van der Waals surface area contributed by atoms with E-state index in [0.717, 1.165) is 36.8 Å². The maximum Gasteiger partial charge on any atom is 0.335 e. The Morgan fingerprint density at radius 3 is 2.94 bits per heavy atom. The minimum absolute atomic E-state index is 0.275. The van der Waals surface area contributed by atoms with Crippen molar-refractivity contribution in [2.45, 2.75) is 32.7 Å². The van der Waals surface area contributed by atoms with Crippen molar-refractivity contribution in [1.29, 1.82) is 0 Å². The number of aromatic nitrogens is 3. The molecule has 0 amide bonds. The Labute approximate surface area is 99.1 Å². The molecule has 2 aromatic rings. The summed E-state index contributed by atoms with van der Waals surface area (Å²) >= 11 is 0. The molecule has 1 heterocycles. The van der Waals surface area contributed by atoms with Gasteiger partial charge in [0.05, 0.1) is 11.1 Å². The summed E-state index contributed by atoms with van der Waals surface area (Å²) in [6.07, 6.45) is 3.32. The lowest BCUT2D eigenvalue weighted by molar-refractivity contribution is 0.0697. The van der Waals surface area contributed by atoms with Crippen molar-refractivity contribution in [2.24, 2.45) is 0 Å². The van der Waals surface area contributed by atoms with Gasteiger partial charge < -0.3 is 5.11 Å². The van der Waals surface area contributed by atoms with Gasteiger partial charge in [-0.05, 0) is 24.6 Å². The fourth-order valence-corrected chi connectivity index (χ4v) is 1.77. The third-order valence-electron chi connectivity index (χ3n) is 2.73. The van der Waals surface area contributed by atoms with Gasteiger partial charge in [-0.3, -0.25) is 0 Å². The summed E-state index contributed by atoms with van der Waals surface area (Å²) in [7, 11) is 0. The van der Waals surface area contributed by atoms with Gasteiger partial charge in [-0.15, -0.1) is 5.10 Å². The van der Waals surface area contributed by atoms with Gasteiger partial charge in [0.25, 0.3) is 0 Å². The van der Waals surface area contributed by atoms with Crippen LogP contribution in [0.15, 0.2) is 18.2 Å². The summed E-state index contributed by atoms with van der Waals surface area (Å²) < 4.78 is 1.78. The number of hydrogen-bond donors (Lipinski definition) is 1. The average molecular weight is 233 g/mol. The third kappa shape index (κ3) is 2.43. The molecule has 0 aliphatic heterocycles. The van der Waals surface area contributed by atoms with Crippen molar-refractivity contribution in [3.05, 3.63) is 23.8 Å². The van der Waals surface area contributed by atoms with Crippen LogP contribution < -0.4 is 0 Å². The molecular weight excluding hydrogens is 218 g/mol. The number of hydrogen-bond acceptors (Lipinski definition) is 3. The van der Waals surface area contributed by atoms with Crippen molar-refractivity contribution >= 4 is 17.0 Å². The molecule has 17 heavy (non-hydrogen) atoms. The number of rotatable bonds is 5. The van der Waals surface area contributed by atoms with Crippen LogP contribution in [0, 0.1) is 0 Å². The van der Waals surface area contributed by atoms with E-state index >= 15 is 0 Å². The van der Waals surface area contributed by atoms with Crippen molar-refractivity contribution in [1.82, 2.24) is 15.0 Å². The summed E-state index contributed by atoms with van der Waals surface area (Å²) in [5, 5.41) is 17.0. The Hall–Kier alpha value is -1.91. The second-order valence-corrected chi connectivity index (χ2v) is 4.03. The molecule has 0 aliphatic carbocycles. The van der Waals surface area contributed by atoms with Crippen LogP contribution in [0.2, 0.25) is 0 Å². The van der Waals surface area contributed by atoms with Gasteiger partial charge >= 0.3 is 5.97 Å². The van der Waals surface area contributed by atoms with E-state index in [1.807, 2.05) is 0 Å². The van der Waals surface area contributed by atoms with Crippen LogP contribution in [0.4, 0.5) is 0 Å². The summed E-state index contributed by atoms with van der Waals surface area (Å²) in [6.45, 7) is 2.93. The standard InChI is InChI=1S/C12H15N3O2/c1-2-3-4-7-15-11-8-9(12(16)17)5-6-10(11)13-14-15/h5-6,8H,2-4,7H2,1H3,(H,16,17). The number of benzene rings is 1. The fraction of sp³-hybridized carbons (Fsp3) is 0.417. The molecule has 1 aromatic carbocycles. The molecule has 5 nitrogen and oxygen atoms in total. The van der Waals surface area contributed by atoms with E-state index in [2.05, 4.69) is 17.2 Å². The van der Waals surface area contributed by atoms with Crippen LogP contribution in [-0.4, -0.2) is 26.1 Å². The van der Waals surface area contributed by atoms with Crippen LogP contribution >= 0.6 is 0 Å². The molecule has 5 heteroatoms. The number of carboxylic acid groups (broad SMARTS) is 1. The van der Waals surface area contributed by atoms with E-state index in [0.29, 0.717) is 0 Å². The first-order valence-corrected chi connectivity index (χ1v) is 5.79. The molecule has 0 fully saturated rings. The second-order valence-electron chi connectivity index (χ2n) is 4.03. The highest BCUT2D eigenvalue weighted by Gasteiger charge is 2.08. The molecule has 0 unspecified atom stereocenters. The van der Waals surface area contributed by atoms with Gasteiger partial charge in [-0.25, -0.2) is 9.48 Å². The Bertz CT molecular complexity index is 534. The van der Waals surface area contributed by atoms with E-state index in [4.69, 9.17) is 5.11 Å².